The van der Waals surface area contributed by atoms with Crippen LogP contribution in [0.1, 0.15) is 13.8 Å². The van der Waals surface area contributed by atoms with Gasteiger partial charge >= 0.3 is 0 Å². The van der Waals surface area contributed by atoms with E-state index in [4.69, 9.17) is 4.52 Å². The molecule has 1 unspecified atom stereocenters. The minimum Gasteiger partial charge on any atom is -0.319 e. The van der Waals surface area contributed by atoms with Crippen LogP contribution >= 0.6 is 18.0 Å². The first-order valence-corrected chi connectivity index (χ1v) is 8.05. The van der Waals surface area contributed by atoms with E-state index in [9.17, 15) is 4.57 Å². The van der Waals surface area contributed by atoms with Crippen LogP contribution in [0.2, 0.25) is 0 Å². The van der Waals surface area contributed by atoms with Gasteiger partial charge in [-0.15, -0.1) is 0 Å². The summed E-state index contributed by atoms with van der Waals surface area (Å²) in [4.78, 5) is 2.07. The lowest BCUT2D eigenvalue weighted by molar-refractivity contribution is 0.255. The Kier molecular flexibility index (Phi) is 6.31. The van der Waals surface area contributed by atoms with Gasteiger partial charge < -0.3 is 9.42 Å². The van der Waals surface area contributed by atoms with Crippen molar-refractivity contribution < 1.29 is 9.09 Å². The molecule has 13 heavy (non-hydrogen) atoms. The topological polar surface area (TPSA) is 29.5 Å². The van der Waals surface area contributed by atoms with Gasteiger partial charge in [0.2, 0.25) is 0 Å². The third-order valence-corrected chi connectivity index (χ3v) is 5.12. The van der Waals surface area contributed by atoms with Crippen LogP contribution in [-0.4, -0.2) is 44.1 Å². The highest BCUT2D eigenvalue weighted by Crippen LogP contribution is 2.56. The van der Waals surface area contributed by atoms with E-state index in [1.165, 1.54) is 11.4 Å². The predicted octanol–water partition coefficient (Wildman–Crippen LogP) is 2.53. The first kappa shape index (κ1) is 13.5. The summed E-state index contributed by atoms with van der Waals surface area (Å²) in [5, 5.41) is 0. The summed E-state index contributed by atoms with van der Waals surface area (Å²) < 4.78 is 17.0. The van der Waals surface area contributed by atoms with Gasteiger partial charge in [0.25, 0.3) is 6.57 Å². The van der Waals surface area contributed by atoms with Crippen LogP contribution in [-0.2, 0) is 9.09 Å². The summed E-state index contributed by atoms with van der Waals surface area (Å²) in [6.45, 7) is 4.02. The lowest BCUT2D eigenvalue weighted by atomic mass is 10.5. The van der Waals surface area contributed by atoms with Gasteiger partial charge in [0.15, 0.2) is 0 Å². The highest BCUT2D eigenvalue weighted by Gasteiger charge is 2.17. The van der Waals surface area contributed by atoms with Crippen molar-refractivity contribution in [3.8, 4) is 0 Å². The molecule has 0 bridgehead atoms. The maximum Gasteiger partial charge on any atom is 0.254 e. The normalized spacial score (nSPS) is 16.5. The molecule has 0 heterocycles. The number of hydrogen-bond acceptors (Lipinski definition) is 4. The summed E-state index contributed by atoms with van der Waals surface area (Å²) in [6.07, 6.45) is 0.0442. The zero-order valence-corrected chi connectivity index (χ0v) is 10.8. The zero-order valence-electron chi connectivity index (χ0n) is 9.11. The molecule has 0 aromatic heterocycles. The fourth-order valence-electron chi connectivity index (χ4n) is 0.803. The molecule has 0 aliphatic carbocycles. The monoisotopic (exact) mass is 225 g/mol. The van der Waals surface area contributed by atoms with Crippen LogP contribution in [0.15, 0.2) is 0 Å². The third-order valence-electron chi connectivity index (χ3n) is 1.27. The van der Waals surface area contributed by atoms with Crippen molar-refractivity contribution in [1.29, 1.82) is 0 Å². The molecule has 0 radical (unpaired) electrons. The summed E-state index contributed by atoms with van der Waals surface area (Å²) in [5.74, 6) is 0.855. The Balaban J connectivity index is 3.70. The first-order chi connectivity index (χ1) is 5.83. The average Bonchev–Trinajstić information content (AvgIpc) is 1.81. The minimum absolute atomic E-state index is 0.0442. The fraction of sp³-hybridized carbons (Fsp3) is 1.00. The number of nitrogens with zero attached hydrogens (tertiary/aromatic N) is 1. The molecule has 0 saturated heterocycles. The van der Waals surface area contributed by atoms with Gasteiger partial charge in [0.05, 0.1) is 6.10 Å². The molecular formula is C8H20NO2PS. The van der Waals surface area contributed by atoms with E-state index in [1.54, 1.807) is 6.66 Å². The van der Waals surface area contributed by atoms with E-state index in [2.05, 4.69) is 4.90 Å². The van der Waals surface area contributed by atoms with Gasteiger partial charge in [-0.05, 0) is 27.9 Å². The second-order valence-electron chi connectivity index (χ2n) is 3.56. The Hall–Kier alpha value is 0.500. The molecule has 0 spiro atoms. The lowest BCUT2D eigenvalue weighted by Crippen LogP contribution is -2.14. The summed E-state index contributed by atoms with van der Waals surface area (Å²) in [5.41, 5.74) is 0. The first-order valence-electron chi connectivity index (χ1n) is 4.38. The molecule has 0 N–H and O–H groups in total. The molecule has 0 saturated carbocycles. The van der Waals surface area contributed by atoms with Crippen molar-refractivity contribution in [1.82, 2.24) is 4.90 Å². The number of hydrogen-bond donors (Lipinski definition) is 0. The molecule has 0 fully saturated rings. The molecule has 0 amide bonds. The lowest BCUT2D eigenvalue weighted by Gasteiger charge is -2.16. The maximum atomic E-state index is 11.7. The number of rotatable bonds is 6. The van der Waals surface area contributed by atoms with Crippen molar-refractivity contribution in [3.05, 3.63) is 0 Å². The van der Waals surface area contributed by atoms with Crippen molar-refractivity contribution in [2.45, 2.75) is 20.0 Å². The molecule has 0 aromatic carbocycles. The minimum atomic E-state index is -2.41. The highest BCUT2D eigenvalue weighted by molar-refractivity contribution is 8.56. The van der Waals surface area contributed by atoms with Gasteiger partial charge in [0.1, 0.15) is 0 Å². The standard InChI is InChI=1S/C8H20NO2PS/c1-8(2)11-12(5,10)13-7-6-9(3)4/h8H,6-7H2,1-5H3. The molecule has 80 valence electrons. The molecule has 0 aliphatic rings. The Morgan fingerprint density at radius 1 is 1.46 bits per heavy atom. The van der Waals surface area contributed by atoms with Crippen molar-refractivity contribution in [2.24, 2.45) is 0 Å². The van der Waals surface area contributed by atoms with Crippen LogP contribution in [0.25, 0.3) is 0 Å². The predicted molar refractivity (Wildman–Crippen MR) is 60.8 cm³/mol. The maximum absolute atomic E-state index is 11.7. The summed E-state index contributed by atoms with van der Waals surface area (Å²) >= 11 is 1.43. The fourth-order valence-corrected chi connectivity index (χ4v) is 4.35. The van der Waals surface area contributed by atoms with Crippen molar-refractivity contribution in [2.75, 3.05) is 33.1 Å². The van der Waals surface area contributed by atoms with Gasteiger partial charge in [-0.1, -0.05) is 11.4 Å². The highest BCUT2D eigenvalue weighted by atomic mass is 32.7. The van der Waals surface area contributed by atoms with Gasteiger partial charge in [-0.25, -0.2) is 0 Å². The molecule has 1 atom stereocenters. The van der Waals surface area contributed by atoms with Crippen LogP contribution in [0.4, 0.5) is 0 Å². The Bertz CT molecular complexity index is 185. The molecule has 3 nitrogen and oxygen atoms in total. The third kappa shape index (κ3) is 8.82. The average molecular weight is 225 g/mol. The largest absolute Gasteiger partial charge is 0.319 e. The van der Waals surface area contributed by atoms with Crippen molar-refractivity contribution in [3.63, 3.8) is 0 Å². The van der Waals surface area contributed by atoms with Gasteiger partial charge in [-0.2, -0.15) is 0 Å². The summed E-state index contributed by atoms with van der Waals surface area (Å²) in [6, 6.07) is 0. The van der Waals surface area contributed by atoms with Crippen LogP contribution in [0.5, 0.6) is 0 Å². The quantitative estimate of drug-likeness (QED) is 0.650. The molecule has 0 aromatic rings. The molecular weight excluding hydrogens is 205 g/mol. The second kappa shape index (κ2) is 6.07. The smallest absolute Gasteiger partial charge is 0.254 e. The van der Waals surface area contributed by atoms with Crippen molar-refractivity contribution >= 4 is 18.0 Å². The van der Waals surface area contributed by atoms with Gasteiger partial charge in [-0.3, -0.25) is 4.57 Å². The van der Waals surface area contributed by atoms with E-state index in [0.29, 0.717) is 0 Å². The Labute approximate surface area is 85.4 Å². The molecule has 0 aliphatic heterocycles. The molecule has 5 heteroatoms. The summed E-state index contributed by atoms with van der Waals surface area (Å²) in [7, 11) is 4.01. The van der Waals surface area contributed by atoms with E-state index in [1.807, 2.05) is 27.9 Å². The zero-order chi connectivity index (χ0) is 10.5. The molecule has 0 rings (SSSR count). The van der Waals surface area contributed by atoms with Crippen LogP contribution < -0.4 is 0 Å². The van der Waals surface area contributed by atoms with E-state index >= 15 is 0 Å². The van der Waals surface area contributed by atoms with Crippen LogP contribution in [0.3, 0.4) is 0 Å². The van der Waals surface area contributed by atoms with E-state index < -0.39 is 6.57 Å². The van der Waals surface area contributed by atoms with Gasteiger partial charge in [0, 0.05) is 19.0 Å². The van der Waals surface area contributed by atoms with E-state index in [-0.39, 0.29) is 6.10 Å². The van der Waals surface area contributed by atoms with Crippen LogP contribution in [0, 0.1) is 0 Å². The SMILES string of the molecule is CC(C)OP(C)(=O)SCCN(C)C. The van der Waals surface area contributed by atoms with E-state index in [0.717, 1.165) is 12.3 Å². The Morgan fingerprint density at radius 2 is 2.00 bits per heavy atom. The second-order valence-corrected chi connectivity index (χ2v) is 8.75. The Morgan fingerprint density at radius 3 is 2.38 bits per heavy atom.